The van der Waals surface area contributed by atoms with E-state index in [1.54, 1.807) is 37.6 Å². The van der Waals surface area contributed by atoms with Gasteiger partial charge in [0, 0.05) is 39.3 Å². The fourth-order valence-corrected chi connectivity index (χ4v) is 9.80. The van der Waals surface area contributed by atoms with E-state index in [0.717, 1.165) is 40.9 Å². The van der Waals surface area contributed by atoms with Gasteiger partial charge in [0.1, 0.15) is 35.4 Å². The molecule has 0 saturated carbocycles. The van der Waals surface area contributed by atoms with Crippen LogP contribution >= 0.6 is 23.6 Å². The number of pyridine rings is 1. The topological polar surface area (TPSA) is 226 Å². The van der Waals surface area contributed by atoms with E-state index in [9.17, 15) is 47.5 Å². The van der Waals surface area contributed by atoms with Crippen LogP contribution in [0.25, 0.3) is 10.4 Å². The fourth-order valence-electron chi connectivity index (χ4n) is 8.47. The Labute approximate surface area is 440 Å². The lowest BCUT2D eigenvalue weighted by Crippen LogP contribution is -2.58. The number of aliphatic hydroxyl groups is 1. The van der Waals surface area contributed by atoms with Crippen molar-refractivity contribution in [2.75, 3.05) is 56.5 Å². The molecule has 0 spiro atoms. The number of benzene rings is 2. The normalized spacial score (nSPS) is 17.0. The molecule has 0 unspecified atom stereocenters. The number of esters is 1. The van der Waals surface area contributed by atoms with Crippen LogP contribution in [0.15, 0.2) is 54.2 Å². The molecule has 0 aliphatic carbocycles. The number of hydrogen-bond acceptors (Lipinski definition) is 15. The van der Waals surface area contributed by atoms with E-state index in [1.807, 2.05) is 31.2 Å². The molecule has 75 heavy (non-hydrogen) atoms. The lowest BCUT2D eigenvalue weighted by atomic mass is 9.85. The van der Waals surface area contributed by atoms with Crippen molar-refractivity contribution >= 4 is 69.6 Å². The number of thiocarbonyl (C=S) groups is 1. The largest absolute Gasteiger partial charge is 0.477 e. The highest BCUT2D eigenvalue weighted by atomic mass is 32.1. The summed E-state index contributed by atoms with van der Waals surface area (Å²) in [6.45, 7) is 10.8. The van der Waals surface area contributed by atoms with Crippen LogP contribution < -0.4 is 25.2 Å². The highest BCUT2D eigenvalue weighted by Crippen LogP contribution is 2.42. The highest BCUT2D eigenvalue weighted by molar-refractivity contribution is 7.81. The van der Waals surface area contributed by atoms with Crippen LogP contribution in [0.3, 0.4) is 0 Å². The summed E-state index contributed by atoms with van der Waals surface area (Å²) in [5.74, 6) is -5.17. The van der Waals surface area contributed by atoms with Gasteiger partial charge in [-0.3, -0.25) is 24.1 Å². The summed E-state index contributed by atoms with van der Waals surface area (Å²) in [7, 11) is 1.12. The van der Waals surface area contributed by atoms with Gasteiger partial charge in [-0.25, -0.2) is 19.2 Å². The number of aromatic nitrogens is 2. The van der Waals surface area contributed by atoms with Crippen molar-refractivity contribution in [2.24, 2.45) is 5.41 Å². The molecular formula is C51H58F4N8O10S2. The number of anilines is 2. The molecule has 2 aliphatic rings. The zero-order chi connectivity index (χ0) is 55.0. The van der Waals surface area contributed by atoms with E-state index in [1.165, 1.54) is 42.0 Å². The third-order valence-electron chi connectivity index (χ3n) is 12.4. The second-order valence-electron chi connectivity index (χ2n) is 19.3. The van der Waals surface area contributed by atoms with Crippen molar-refractivity contribution in [1.29, 1.82) is 5.26 Å². The number of ether oxygens (including phenoxy) is 4. The van der Waals surface area contributed by atoms with E-state index in [2.05, 4.69) is 20.6 Å². The first-order chi connectivity index (χ1) is 35.4. The van der Waals surface area contributed by atoms with Gasteiger partial charge in [0.25, 0.3) is 5.91 Å². The van der Waals surface area contributed by atoms with Gasteiger partial charge in [-0.15, -0.1) is 11.3 Å². The van der Waals surface area contributed by atoms with Gasteiger partial charge in [-0.05, 0) is 87.0 Å². The molecule has 0 bridgehead atoms. The van der Waals surface area contributed by atoms with Crippen molar-refractivity contribution in [2.45, 2.75) is 104 Å². The Bertz CT molecular complexity index is 2820. The number of β-amino-alcohol motifs (C(OH)–C–C–N with tert-alkyl or cyclic N) is 1. The standard InChI is InChI=1S/C51H58F4N8O10S2/c1-29-41(75-28-59-29)31-13-11-30(12-14-31)24-57-43(66)37-22-34(64)26-61(37)45(67)42(49(2,3)4)60-38(65)27-72-19-10-18-71-17-8-9-20-73-44-35(46(68)70-7)21-33(25-58-44)63-48(74)62(47(69)50(63,5)6)36-16-15-32(23-56)39(40(36)52)51(53,54)55/h11-16,21,25,28,34,37,42,64H,8-10,17-20,22,24,26-27H2,1-7H3,(H,57,66)(H,60,65)/t34-,37+,42-/m1/s1. The number of likely N-dealkylation sites (tertiary alicyclic amines) is 1. The number of nitriles is 1. The van der Waals surface area contributed by atoms with Gasteiger partial charge in [-0.1, -0.05) is 45.0 Å². The number of rotatable bonds is 21. The van der Waals surface area contributed by atoms with Crippen LogP contribution in [0.5, 0.6) is 5.88 Å². The van der Waals surface area contributed by atoms with Crippen LogP contribution in [0, 0.1) is 29.5 Å². The number of nitrogens with one attached hydrogen (secondary N) is 2. The molecule has 2 saturated heterocycles. The minimum absolute atomic E-state index is 0.0496. The summed E-state index contributed by atoms with van der Waals surface area (Å²) in [5.41, 5.74) is -1.51. The van der Waals surface area contributed by atoms with Crippen LogP contribution in [0.4, 0.5) is 28.9 Å². The number of aliphatic hydroxyl groups excluding tert-OH is 1. The van der Waals surface area contributed by atoms with Gasteiger partial charge < -0.3 is 44.5 Å². The Morgan fingerprint density at radius 2 is 1.69 bits per heavy atom. The molecule has 3 N–H and O–H groups in total. The fraction of sp³-hybridized carbons (Fsp3) is 0.471. The predicted molar refractivity (Wildman–Crippen MR) is 271 cm³/mol. The van der Waals surface area contributed by atoms with E-state index in [0.29, 0.717) is 37.4 Å². The quantitative estimate of drug-likeness (QED) is 0.0344. The van der Waals surface area contributed by atoms with E-state index >= 15 is 4.39 Å². The number of nitrogens with zero attached hydrogens (tertiary/aromatic N) is 6. The summed E-state index contributed by atoms with van der Waals surface area (Å²) >= 11 is 7.05. The molecule has 18 nitrogen and oxygen atoms in total. The van der Waals surface area contributed by atoms with Crippen molar-refractivity contribution in [3.63, 3.8) is 0 Å². The summed E-state index contributed by atoms with van der Waals surface area (Å²) in [5, 5.41) is 25.0. The van der Waals surface area contributed by atoms with Crippen molar-refractivity contribution < 1.29 is 65.6 Å². The third-order valence-corrected chi connectivity index (χ3v) is 13.7. The third kappa shape index (κ3) is 13.4. The number of carbonyl (C=O) groups is 5. The first-order valence-electron chi connectivity index (χ1n) is 23.8. The number of alkyl halides is 3. The van der Waals surface area contributed by atoms with Crippen LogP contribution in [-0.2, 0) is 46.1 Å². The maximum absolute atomic E-state index is 15.5. The molecule has 2 aromatic carbocycles. The van der Waals surface area contributed by atoms with Gasteiger partial charge in [-0.2, -0.15) is 18.4 Å². The molecule has 2 aliphatic heterocycles. The van der Waals surface area contributed by atoms with Crippen LogP contribution in [0.2, 0.25) is 0 Å². The average Bonchev–Trinajstić information content (AvgIpc) is 4.02. The number of carbonyl (C=O) groups excluding carboxylic acids is 5. The molecule has 4 amide bonds. The second kappa shape index (κ2) is 24.3. The molecule has 402 valence electrons. The number of thiazole rings is 1. The van der Waals surface area contributed by atoms with Gasteiger partial charge in [0.15, 0.2) is 10.9 Å². The molecule has 2 fully saturated rings. The van der Waals surface area contributed by atoms with Gasteiger partial charge >= 0.3 is 12.1 Å². The molecule has 0 radical (unpaired) electrons. The second-order valence-corrected chi connectivity index (χ2v) is 20.5. The molecule has 24 heteroatoms. The van der Waals surface area contributed by atoms with Crippen molar-refractivity contribution in [1.82, 2.24) is 25.5 Å². The smallest absolute Gasteiger partial charge is 0.420 e. The zero-order valence-corrected chi connectivity index (χ0v) is 44.0. The Morgan fingerprint density at radius 3 is 2.33 bits per heavy atom. The van der Waals surface area contributed by atoms with E-state index in [4.69, 9.17) is 31.2 Å². The van der Waals surface area contributed by atoms with E-state index in [-0.39, 0.29) is 56.5 Å². The first-order valence-corrected chi connectivity index (χ1v) is 25.1. The predicted octanol–water partition coefficient (Wildman–Crippen LogP) is 6.64. The number of hydrogen-bond donors (Lipinski definition) is 3. The van der Waals surface area contributed by atoms with Crippen molar-refractivity contribution in [3.8, 4) is 22.4 Å². The number of halogens is 4. The minimum atomic E-state index is -5.26. The summed E-state index contributed by atoms with van der Waals surface area (Å²) < 4.78 is 79.0. The first kappa shape index (κ1) is 57.6. The number of unbranched alkanes of at least 4 members (excludes halogenated alkanes) is 1. The Balaban J connectivity index is 0.921. The molecule has 4 heterocycles. The maximum Gasteiger partial charge on any atom is 0.420 e. The van der Waals surface area contributed by atoms with Crippen molar-refractivity contribution in [3.05, 3.63) is 87.9 Å². The number of amides is 4. The Kier molecular flexibility index (Phi) is 18.7. The van der Waals surface area contributed by atoms with Gasteiger partial charge in [0.2, 0.25) is 23.6 Å². The van der Waals surface area contributed by atoms with Gasteiger partial charge in [0.05, 0.1) is 65.1 Å². The number of methoxy groups -OCH3 is 1. The summed E-state index contributed by atoms with van der Waals surface area (Å²) in [6, 6.07) is 9.99. The van der Waals surface area contributed by atoms with Crippen LogP contribution in [-0.4, -0.2) is 125 Å². The Morgan fingerprint density at radius 1 is 1.01 bits per heavy atom. The average molecular weight is 1080 g/mol. The molecular weight excluding hydrogens is 1020 g/mol. The molecule has 3 atom stereocenters. The van der Waals surface area contributed by atoms with E-state index < -0.39 is 92.7 Å². The lowest BCUT2D eigenvalue weighted by Gasteiger charge is -2.35. The summed E-state index contributed by atoms with van der Waals surface area (Å²) in [6.07, 6.45) is -3.46. The zero-order valence-electron chi connectivity index (χ0n) is 42.3. The molecule has 6 rings (SSSR count). The SMILES string of the molecule is COC(=O)c1cc(N2C(=S)N(c3ccc(C#N)c(C(F)(F)F)c3F)C(=O)C2(C)C)cnc1OCCCCOCCCOCC(=O)N[C@H](C(=O)N1C[C@H](O)C[C@H]1C(=O)NCc1ccc(-c2scnc2C)cc1)C(C)(C)C. The van der Waals surface area contributed by atoms with Crippen LogP contribution in [0.1, 0.15) is 93.0 Å². The molecule has 2 aromatic heterocycles. The monoisotopic (exact) mass is 1080 g/mol. The number of aryl methyl sites for hydroxylation is 1. The lowest BCUT2D eigenvalue weighted by molar-refractivity contribution is -0.144. The maximum atomic E-state index is 15.5. The summed E-state index contributed by atoms with van der Waals surface area (Å²) in [4.78, 5) is 79.8. The minimum Gasteiger partial charge on any atom is -0.477 e. The highest BCUT2D eigenvalue weighted by Gasteiger charge is 2.52. The molecule has 4 aromatic rings. The Hall–Kier alpha value is -6.65.